The number of hydrogen-bond acceptors (Lipinski definition) is 3. The maximum Gasteiger partial charge on any atom is 0.0339 e. The minimum atomic E-state index is 0.543. The van der Waals surface area contributed by atoms with Crippen molar-refractivity contribution in [3.63, 3.8) is 0 Å². The van der Waals surface area contributed by atoms with Crippen LogP contribution in [0.2, 0.25) is 0 Å². The van der Waals surface area contributed by atoms with Crippen molar-refractivity contribution in [1.82, 2.24) is 5.32 Å². The lowest BCUT2D eigenvalue weighted by Crippen LogP contribution is -2.26. The molecule has 1 aromatic carbocycles. The molecule has 0 bridgehead atoms. The summed E-state index contributed by atoms with van der Waals surface area (Å²) in [5.74, 6) is 1.23. The Kier molecular flexibility index (Phi) is 4.03. The zero-order valence-corrected chi connectivity index (χ0v) is 11.9. The van der Waals surface area contributed by atoms with E-state index in [0.717, 1.165) is 13.0 Å². The second kappa shape index (κ2) is 5.91. The third-order valence-electron chi connectivity index (χ3n) is 3.34. The lowest BCUT2D eigenvalue weighted by Gasteiger charge is -2.26. The summed E-state index contributed by atoms with van der Waals surface area (Å²) in [4.78, 5) is 1.46. The average Bonchev–Trinajstić information content (AvgIpc) is 2.92. The Morgan fingerprint density at radius 3 is 3.06 bits per heavy atom. The number of benzene rings is 1. The van der Waals surface area contributed by atoms with E-state index in [1.165, 1.54) is 28.2 Å². The summed E-state index contributed by atoms with van der Waals surface area (Å²) in [6.07, 6.45) is 2.38. The van der Waals surface area contributed by atoms with E-state index >= 15 is 0 Å². The SMILES string of the molecule is c1ccc2c(c1)SCCC2NCCc1ccsc1. The van der Waals surface area contributed by atoms with Gasteiger partial charge in [-0.15, -0.1) is 11.8 Å². The smallest absolute Gasteiger partial charge is 0.0339 e. The monoisotopic (exact) mass is 275 g/mol. The van der Waals surface area contributed by atoms with Crippen molar-refractivity contribution in [1.29, 1.82) is 0 Å². The molecule has 0 fully saturated rings. The Labute approximate surface area is 117 Å². The van der Waals surface area contributed by atoms with Gasteiger partial charge in [-0.3, -0.25) is 0 Å². The van der Waals surface area contributed by atoms with Gasteiger partial charge in [-0.1, -0.05) is 18.2 Å². The molecule has 2 aromatic rings. The molecule has 0 aliphatic carbocycles. The van der Waals surface area contributed by atoms with E-state index in [9.17, 15) is 0 Å². The minimum Gasteiger partial charge on any atom is -0.310 e. The van der Waals surface area contributed by atoms with Crippen LogP contribution in [0.15, 0.2) is 46.0 Å². The molecule has 94 valence electrons. The number of nitrogens with one attached hydrogen (secondary N) is 1. The molecule has 1 nitrogen and oxygen atoms in total. The summed E-state index contributed by atoms with van der Waals surface area (Å²) in [6, 6.07) is 11.6. The van der Waals surface area contributed by atoms with E-state index in [0.29, 0.717) is 6.04 Å². The summed E-state index contributed by atoms with van der Waals surface area (Å²) in [5.41, 5.74) is 2.94. The normalized spacial score (nSPS) is 18.6. The topological polar surface area (TPSA) is 12.0 Å². The van der Waals surface area contributed by atoms with Crippen LogP contribution in [0.3, 0.4) is 0 Å². The van der Waals surface area contributed by atoms with Crippen molar-refractivity contribution >= 4 is 23.1 Å². The largest absolute Gasteiger partial charge is 0.310 e. The summed E-state index contributed by atoms with van der Waals surface area (Å²) >= 11 is 3.77. The summed E-state index contributed by atoms with van der Waals surface area (Å²) in [5, 5.41) is 8.10. The molecule has 3 rings (SSSR count). The van der Waals surface area contributed by atoms with Gasteiger partial charge in [0.15, 0.2) is 0 Å². The van der Waals surface area contributed by atoms with Crippen molar-refractivity contribution in [2.45, 2.75) is 23.8 Å². The van der Waals surface area contributed by atoms with Gasteiger partial charge in [-0.05, 0) is 59.2 Å². The van der Waals surface area contributed by atoms with E-state index in [1.54, 1.807) is 11.3 Å². The molecule has 1 N–H and O–H groups in total. The van der Waals surface area contributed by atoms with E-state index in [2.05, 4.69) is 46.4 Å². The van der Waals surface area contributed by atoms with Crippen LogP contribution >= 0.6 is 23.1 Å². The zero-order chi connectivity index (χ0) is 12.2. The Bertz CT molecular complexity index is 493. The highest BCUT2D eigenvalue weighted by atomic mass is 32.2. The van der Waals surface area contributed by atoms with E-state index in [4.69, 9.17) is 0 Å². The van der Waals surface area contributed by atoms with Gasteiger partial charge in [0.2, 0.25) is 0 Å². The second-order valence-electron chi connectivity index (χ2n) is 4.56. The first-order valence-electron chi connectivity index (χ1n) is 6.39. The van der Waals surface area contributed by atoms with Gasteiger partial charge in [0.1, 0.15) is 0 Å². The maximum absolute atomic E-state index is 3.71. The average molecular weight is 275 g/mol. The second-order valence-corrected chi connectivity index (χ2v) is 6.48. The first-order valence-corrected chi connectivity index (χ1v) is 8.32. The Balaban J connectivity index is 1.60. The zero-order valence-electron chi connectivity index (χ0n) is 10.3. The predicted octanol–water partition coefficient (Wildman–Crippen LogP) is 4.12. The van der Waals surface area contributed by atoms with Crippen molar-refractivity contribution in [2.75, 3.05) is 12.3 Å². The third kappa shape index (κ3) is 2.79. The summed E-state index contributed by atoms with van der Waals surface area (Å²) < 4.78 is 0. The van der Waals surface area contributed by atoms with Crippen LogP contribution in [-0.4, -0.2) is 12.3 Å². The molecule has 0 radical (unpaired) electrons. The molecule has 1 unspecified atom stereocenters. The fraction of sp³-hybridized carbons (Fsp3) is 0.333. The Hall–Kier alpha value is -0.770. The maximum atomic E-state index is 3.71. The van der Waals surface area contributed by atoms with Crippen LogP contribution in [0.5, 0.6) is 0 Å². The van der Waals surface area contributed by atoms with Gasteiger partial charge in [-0.25, -0.2) is 0 Å². The number of hydrogen-bond donors (Lipinski definition) is 1. The highest BCUT2D eigenvalue weighted by Crippen LogP contribution is 2.35. The van der Waals surface area contributed by atoms with E-state index in [1.807, 2.05) is 11.8 Å². The van der Waals surface area contributed by atoms with Crippen molar-refractivity contribution in [3.8, 4) is 0 Å². The highest BCUT2D eigenvalue weighted by Gasteiger charge is 2.19. The van der Waals surface area contributed by atoms with Gasteiger partial charge < -0.3 is 5.32 Å². The standard InChI is InChI=1S/C15H17NS2/c1-2-4-15-13(3-1)14(7-10-18-15)16-8-5-12-6-9-17-11-12/h1-4,6,9,11,14,16H,5,7-8,10H2. The summed E-state index contributed by atoms with van der Waals surface area (Å²) in [6.45, 7) is 1.07. The molecule has 1 aromatic heterocycles. The van der Waals surface area contributed by atoms with Gasteiger partial charge in [0.25, 0.3) is 0 Å². The van der Waals surface area contributed by atoms with Crippen molar-refractivity contribution < 1.29 is 0 Å². The van der Waals surface area contributed by atoms with Gasteiger partial charge in [0.05, 0.1) is 0 Å². The first-order chi connectivity index (χ1) is 8.93. The van der Waals surface area contributed by atoms with Crippen LogP contribution < -0.4 is 5.32 Å². The molecule has 0 amide bonds. The molecule has 0 spiro atoms. The van der Waals surface area contributed by atoms with Gasteiger partial charge in [0, 0.05) is 10.9 Å². The van der Waals surface area contributed by atoms with Crippen molar-refractivity contribution in [2.24, 2.45) is 0 Å². The van der Waals surface area contributed by atoms with Crippen LogP contribution in [-0.2, 0) is 6.42 Å². The third-order valence-corrected chi connectivity index (χ3v) is 5.20. The molecular formula is C15H17NS2. The summed E-state index contributed by atoms with van der Waals surface area (Å²) in [7, 11) is 0. The van der Waals surface area contributed by atoms with Crippen LogP contribution in [0.1, 0.15) is 23.6 Å². The lowest BCUT2D eigenvalue weighted by atomic mass is 10.0. The van der Waals surface area contributed by atoms with E-state index in [-0.39, 0.29) is 0 Å². The molecule has 1 aliphatic heterocycles. The Morgan fingerprint density at radius 1 is 1.22 bits per heavy atom. The quantitative estimate of drug-likeness (QED) is 0.901. The highest BCUT2D eigenvalue weighted by molar-refractivity contribution is 7.99. The number of thioether (sulfide) groups is 1. The molecule has 18 heavy (non-hydrogen) atoms. The lowest BCUT2D eigenvalue weighted by molar-refractivity contribution is 0.514. The van der Waals surface area contributed by atoms with E-state index < -0.39 is 0 Å². The number of fused-ring (bicyclic) bond motifs is 1. The van der Waals surface area contributed by atoms with Crippen molar-refractivity contribution in [3.05, 3.63) is 52.2 Å². The Morgan fingerprint density at radius 2 is 2.17 bits per heavy atom. The molecule has 3 heteroatoms. The van der Waals surface area contributed by atoms with Crippen LogP contribution in [0.25, 0.3) is 0 Å². The van der Waals surface area contributed by atoms with Gasteiger partial charge >= 0.3 is 0 Å². The fourth-order valence-corrected chi connectivity index (χ4v) is 4.21. The molecular weight excluding hydrogens is 258 g/mol. The van der Waals surface area contributed by atoms with Crippen LogP contribution in [0, 0.1) is 0 Å². The molecule has 1 aliphatic rings. The van der Waals surface area contributed by atoms with Crippen LogP contribution in [0.4, 0.5) is 0 Å². The minimum absolute atomic E-state index is 0.543. The van der Waals surface area contributed by atoms with Gasteiger partial charge in [-0.2, -0.15) is 11.3 Å². The molecule has 2 heterocycles. The molecule has 0 saturated carbocycles. The molecule has 0 saturated heterocycles. The number of thiophene rings is 1. The molecule has 1 atom stereocenters. The first kappa shape index (κ1) is 12.3. The predicted molar refractivity (Wildman–Crippen MR) is 80.5 cm³/mol. The number of rotatable bonds is 4. The fourth-order valence-electron chi connectivity index (χ4n) is 2.38.